The summed E-state index contributed by atoms with van der Waals surface area (Å²) in [6, 6.07) is -0.167. The van der Waals surface area contributed by atoms with Gasteiger partial charge in [0.25, 0.3) is 0 Å². The van der Waals surface area contributed by atoms with Gasteiger partial charge in [0.05, 0.1) is 24.2 Å². The van der Waals surface area contributed by atoms with Crippen LogP contribution in [0, 0.1) is 0 Å². The molecule has 2 rings (SSSR count). The minimum Gasteiger partial charge on any atom is -0.480 e. The summed E-state index contributed by atoms with van der Waals surface area (Å²) < 4.78 is 28.5. The molecule has 3 unspecified atom stereocenters. The first-order valence-corrected chi connectivity index (χ1v) is 8.01. The number of hydrogen-bond acceptors (Lipinski definition) is 5. The lowest BCUT2D eigenvalue weighted by atomic mass is 10.1. The van der Waals surface area contributed by atoms with E-state index in [0.29, 0.717) is 13.0 Å². The average molecular weight is 277 g/mol. The summed E-state index contributed by atoms with van der Waals surface area (Å²) >= 11 is 0. The van der Waals surface area contributed by atoms with Crippen LogP contribution in [0.2, 0.25) is 0 Å². The molecule has 0 saturated carbocycles. The predicted molar refractivity (Wildman–Crippen MR) is 65.2 cm³/mol. The van der Waals surface area contributed by atoms with Crippen molar-refractivity contribution in [3.8, 4) is 0 Å². The van der Waals surface area contributed by atoms with Gasteiger partial charge in [-0.15, -0.1) is 0 Å². The summed E-state index contributed by atoms with van der Waals surface area (Å²) in [5.41, 5.74) is 0. The summed E-state index contributed by atoms with van der Waals surface area (Å²) in [5.74, 6) is -0.683. The third-order valence-electron chi connectivity index (χ3n) is 3.76. The highest BCUT2D eigenvalue weighted by atomic mass is 32.2. The number of nitrogens with zero attached hydrogens (tertiary/aromatic N) is 1. The van der Waals surface area contributed by atoms with E-state index in [0.717, 1.165) is 6.42 Å². The first-order chi connectivity index (χ1) is 8.39. The second-order valence-electron chi connectivity index (χ2n) is 5.05. The molecule has 0 bridgehead atoms. The van der Waals surface area contributed by atoms with E-state index in [-0.39, 0.29) is 36.2 Å². The molecule has 0 aromatic carbocycles. The SMILES string of the molecule is CC1OCCC1N(CC(=O)O)C1CCS(=O)(=O)C1. The van der Waals surface area contributed by atoms with E-state index in [1.54, 1.807) is 0 Å². The van der Waals surface area contributed by atoms with Crippen LogP contribution in [0.25, 0.3) is 0 Å². The molecule has 6 nitrogen and oxygen atoms in total. The maximum absolute atomic E-state index is 11.5. The third kappa shape index (κ3) is 3.02. The van der Waals surface area contributed by atoms with Crippen LogP contribution in [-0.4, -0.2) is 67.2 Å². The van der Waals surface area contributed by atoms with Crippen LogP contribution in [0.3, 0.4) is 0 Å². The summed E-state index contributed by atoms with van der Waals surface area (Å²) in [7, 11) is -3.00. The van der Waals surface area contributed by atoms with Gasteiger partial charge in [-0.1, -0.05) is 0 Å². The standard InChI is InChI=1S/C11H19NO5S/c1-8-10(2-4-17-8)12(6-11(13)14)9-3-5-18(15,16)7-9/h8-10H,2-7H2,1H3,(H,13,14). The Bertz CT molecular complexity index is 421. The van der Waals surface area contributed by atoms with Gasteiger partial charge in [-0.2, -0.15) is 0 Å². The fourth-order valence-electron chi connectivity index (χ4n) is 2.87. The second kappa shape index (κ2) is 5.14. The zero-order valence-corrected chi connectivity index (χ0v) is 11.2. The number of carboxylic acids is 1. The van der Waals surface area contributed by atoms with Crippen molar-refractivity contribution in [1.29, 1.82) is 0 Å². The van der Waals surface area contributed by atoms with Crippen LogP contribution in [0.5, 0.6) is 0 Å². The molecule has 104 valence electrons. The highest BCUT2D eigenvalue weighted by Crippen LogP contribution is 2.26. The van der Waals surface area contributed by atoms with E-state index in [1.807, 2.05) is 11.8 Å². The molecular formula is C11H19NO5S. The maximum Gasteiger partial charge on any atom is 0.317 e. The molecule has 3 atom stereocenters. The molecule has 0 aliphatic carbocycles. The largest absolute Gasteiger partial charge is 0.480 e. The van der Waals surface area contributed by atoms with E-state index in [2.05, 4.69) is 0 Å². The highest BCUT2D eigenvalue weighted by molar-refractivity contribution is 7.91. The fourth-order valence-corrected chi connectivity index (χ4v) is 4.61. The molecule has 0 aromatic heterocycles. The first kappa shape index (κ1) is 13.8. The molecule has 18 heavy (non-hydrogen) atoms. The Morgan fingerprint density at radius 2 is 2.17 bits per heavy atom. The summed E-state index contributed by atoms with van der Waals surface area (Å²) in [4.78, 5) is 12.8. The Labute approximate surface area is 107 Å². The topological polar surface area (TPSA) is 83.9 Å². The number of sulfone groups is 1. The van der Waals surface area contributed by atoms with Gasteiger partial charge < -0.3 is 9.84 Å². The number of hydrogen-bond donors (Lipinski definition) is 1. The summed E-state index contributed by atoms with van der Waals surface area (Å²) in [6.07, 6.45) is 1.26. The number of aliphatic carboxylic acids is 1. The zero-order valence-electron chi connectivity index (χ0n) is 10.4. The van der Waals surface area contributed by atoms with Crippen LogP contribution in [0.1, 0.15) is 19.8 Å². The van der Waals surface area contributed by atoms with E-state index < -0.39 is 15.8 Å². The van der Waals surface area contributed by atoms with E-state index in [4.69, 9.17) is 9.84 Å². The Balaban J connectivity index is 2.12. The van der Waals surface area contributed by atoms with Crippen molar-refractivity contribution in [2.45, 2.75) is 38.0 Å². The highest BCUT2D eigenvalue weighted by Gasteiger charge is 2.40. The van der Waals surface area contributed by atoms with Crippen LogP contribution in [0.4, 0.5) is 0 Å². The molecule has 0 radical (unpaired) electrons. The quantitative estimate of drug-likeness (QED) is 0.762. The van der Waals surface area contributed by atoms with E-state index >= 15 is 0 Å². The Morgan fingerprint density at radius 3 is 2.61 bits per heavy atom. The third-order valence-corrected chi connectivity index (χ3v) is 5.51. The van der Waals surface area contributed by atoms with Crippen molar-refractivity contribution in [2.24, 2.45) is 0 Å². The van der Waals surface area contributed by atoms with Gasteiger partial charge >= 0.3 is 5.97 Å². The van der Waals surface area contributed by atoms with Crippen molar-refractivity contribution in [3.05, 3.63) is 0 Å². The molecule has 2 saturated heterocycles. The molecule has 2 fully saturated rings. The second-order valence-corrected chi connectivity index (χ2v) is 7.28. The van der Waals surface area contributed by atoms with Crippen molar-refractivity contribution >= 4 is 15.8 Å². The van der Waals surface area contributed by atoms with Crippen molar-refractivity contribution in [2.75, 3.05) is 24.7 Å². The van der Waals surface area contributed by atoms with E-state index in [1.165, 1.54) is 0 Å². The number of ether oxygens (including phenoxy) is 1. The molecule has 0 aromatic rings. The van der Waals surface area contributed by atoms with Gasteiger partial charge in [0, 0.05) is 18.7 Å². The Hall–Kier alpha value is -0.660. The first-order valence-electron chi connectivity index (χ1n) is 6.18. The van der Waals surface area contributed by atoms with Gasteiger partial charge in [-0.3, -0.25) is 9.69 Å². The Kier molecular flexibility index (Phi) is 3.93. The lowest BCUT2D eigenvalue weighted by Crippen LogP contribution is -2.49. The van der Waals surface area contributed by atoms with Crippen molar-refractivity contribution < 1.29 is 23.1 Å². The molecule has 2 aliphatic heterocycles. The number of rotatable bonds is 4. The van der Waals surface area contributed by atoms with Gasteiger partial charge in [-0.05, 0) is 19.8 Å². The summed E-state index contributed by atoms with van der Waals surface area (Å²) in [5, 5.41) is 8.99. The zero-order chi connectivity index (χ0) is 13.3. The molecule has 0 spiro atoms. The Morgan fingerprint density at radius 1 is 1.44 bits per heavy atom. The van der Waals surface area contributed by atoms with Gasteiger partial charge in [0.2, 0.25) is 0 Å². The molecule has 0 amide bonds. The van der Waals surface area contributed by atoms with Crippen molar-refractivity contribution in [1.82, 2.24) is 4.90 Å². The van der Waals surface area contributed by atoms with Gasteiger partial charge in [0.15, 0.2) is 9.84 Å². The average Bonchev–Trinajstić information content (AvgIpc) is 2.81. The van der Waals surface area contributed by atoms with E-state index in [9.17, 15) is 13.2 Å². The molecule has 2 heterocycles. The number of carboxylic acid groups (broad SMARTS) is 1. The monoisotopic (exact) mass is 277 g/mol. The van der Waals surface area contributed by atoms with Crippen LogP contribution in [0.15, 0.2) is 0 Å². The minimum absolute atomic E-state index is 0.0133. The van der Waals surface area contributed by atoms with Gasteiger partial charge in [-0.25, -0.2) is 8.42 Å². The summed E-state index contributed by atoms with van der Waals surface area (Å²) in [6.45, 7) is 2.41. The molecule has 7 heteroatoms. The lowest BCUT2D eigenvalue weighted by Gasteiger charge is -2.33. The molecule has 1 N–H and O–H groups in total. The molecule has 2 aliphatic rings. The van der Waals surface area contributed by atoms with Gasteiger partial charge in [0.1, 0.15) is 0 Å². The van der Waals surface area contributed by atoms with Crippen LogP contribution in [-0.2, 0) is 19.4 Å². The smallest absolute Gasteiger partial charge is 0.317 e. The van der Waals surface area contributed by atoms with Crippen molar-refractivity contribution in [3.63, 3.8) is 0 Å². The lowest BCUT2D eigenvalue weighted by molar-refractivity contribution is -0.139. The fraction of sp³-hybridized carbons (Fsp3) is 0.909. The maximum atomic E-state index is 11.5. The molecular weight excluding hydrogens is 258 g/mol. The normalized spacial score (nSPS) is 35.1. The number of carbonyl (C=O) groups is 1. The minimum atomic E-state index is -3.00. The predicted octanol–water partition coefficient (Wildman–Crippen LogP) is -0.262. The van der Waals surface area contributed by atoms with Crippen LogP contribution < -0.4 is 0 Å². The van der Waals surface area contributed by atoms with Crippen LogP contribution >= 0.6 is 0 Å².